The maximum absolute atomic E-state index is 7.38. The third-order valence-electron chi connectivity index (χ3n) is 2.58. The number of nitrogen functional groups attached to an aromatic ring is 1. The molecule has 19 heavy (non-hydrogen) atoms. The van der Waals surface area contributed by atoms with E-state index >= 15 is 0 Å². The zero-order valence-electron chi connectivity index (χ0n) is 10.7. The normalized spacial score (nSPS) is 10.7. The third kappa shape index (κ3) is 3.14. The highest BCUT2D eigenvalue weighted by atomic mass is 79.9. The molecule has 6 heteroatoms. The van der Waals surface area contributed by atoms with Crippen LogP contribution in [0.4, 0.5) is 0 Å². The largest absolute Gasteiger partial charge is 0.453 e. The lowest BCUT2D eigenvalue weighted by molar-refractivity contribution is 0.474. The van der Waals surface area contributed by atoms with E-state index in [9.17, 15) is 0 Å². The van der Waals surface area contributed by atoms with Gasteiger partial charge >= 0.3 is 0 Å². The van der Waals surface area contributed by atoms with Crippen molar-refractivity contribution in [2.24, 2.45) is 5.73 Å². The Morgan fingerprint density at radius 3 is 2.74 bits per heavy atom. The molecule has 3 N–H and O–H groups in total. The number of nitrogens with zero attached hydrogens (tertiary/aromatic N) is 2. The van der Waals surface area contributed by atoms with Crippen LogP contribution < -0.4 is 10.5 Å². The second kappa shape index (κ2) is 5.44. The molecule has 0 fully saturated rings. The first-order chi connectivity index (χ1) is 8.97. The van der Waals surface area contributed by atoms with E-state index in [1.165, 1.54) is 0 Å². The molecule has 0 amide bonds. The molecule has 0 spiro atoms. The standard InChI is InChI=1S/C13H15BrN4O/c1-8(2)18-7-10(6-17-18)19-12-4-3-9(13(15)16)5-11(12)14/h3-8H,1-2H3,(H3,15,16). The number of hydrogen-bond acceptors (Lipinski definition) is 3. The molecule has 0 radical (unpaired) electrons. The number of aromatic nitrogens is 2. The number of nitrogens with one attached hydrogen (secondary N) is 1. The highest BCUT2D eigenvalue weighted by Crippen LogP contribution is 2.30. The van der Waals surface area contributed by atoms with Crippen LogP contribution in [0.3, 0.4) is 0 Å². The van der Waals surface area contributed by atoms with Gasteiger partial charge in [-0.25, -0.2) is 0 Å². The van der Waals surface area contributed by atoms with Crippen molar-refractivity contribution < 1.29 is 4.74 Å². The van der Waals surface area contributed by atoms with Gasteiger partial charge in [0.1, 0.15) is 11.6 Å². The molecule has 2 rings (SSSR count). The predicted octanol–water partition coefficient (Wildman–Crippen LogP) is 3.30. The summed E-state index contributed by atoms with van der Waals surface area (Å²) in [7, 11) is 0. The van der Waals surface area contributed by atoms with Gasteiger partial charge in [-0.05, 0) is 48.0 Å². The van der Waals surface area contributed by atoms with Crippen molar-refractivity contribution in [3.63, 3.8) is 0 Å². The van der Waals surface area contributed by atoms with Crippen molar-refractivity contribution >= 4 is 21.8 Å². The molecule has 0 bridgehead atoms. The van der Waals surface area contributed by atoms with Gasteiger partial charge in [-0.2, -0.15) is 5.10 Å². The second-order valence-electron chi connectivity index (χ2n) is 4.41. The van der Waals surface area contributed by atoms with Crippen LogP contribution in [0.2, 0.25) is 0 Å². The smallest absolute Gasteiger partial charge is 0.165 e. The van der Waals surface area contributed by atoms with Crippen LogP contribution in [0.15, 0.2) is 35.1 Å². The van der Waals surface area contributed by atoms with Crippen LogP contribution in [0.25, 0.3) is 0 Å². The first-order valence-corrected chi connectivity index (χ1v) is 6.62. The highest BCUT2D eigenvalue weighted by Gasteiger charge is 2.08. The molecule has 0 atom stereocenters. The van der Waals surface area contributed by atoms with Crippen molar-refractivity contribution in [2.75, 3.05) is 0 Å². The van der Waals surface area contributed by atoms with E-state index in [1.54, 1.807) is 24.4 Å². The van der Waals surface area contributed by atoms with Gasteiger partial charge < -0.3 is 10.5 Å². The Balaban J connectivity index is 2.20. The van der Waals surface area contributed by atoms with Crippen LogP contribution in [0.1, 0.15) is 25.5 Å². The predicted molar refractivity (Wildman–Crippen MR) is 77.8 cm³/mol. The number of hydrogen-bond donors (Lipinski definition) is 2. The quantitative estimate of drug-likeness (QED) is 0.669. The zero-order valence-corrected chi connectivity index (χ0v) is 12.3. The van der Waals surface area contributed by atoms with Gasteiger partial charge in [0.2, 0.25) is 0 Å². The van der Waals surface area contributed by atoms with Crippen LogP contribution in [-0.2, 0) is 0 Å². The SMILES string of the molecule is CC(C)n1cc(Oc2ccc(C(=N)N)cc2Br)cn1. The average molecular weight is 323 g/mol. The Kier molecular flexibility index (Phi) is 3.90. The van der Waals surface area contributed by atoms with Crippen LogP contribution in [0.5, 0.6) is 11.5 Å². The summed E-state index contributed by atoms with van der Waals surface area (Å²) < 4.78 is 8.31. The van der Waals surface area contributed by atoms with E-state index < -0.39 is 0 Å². The molecule has 0 aliphatic heterocycles. The highest BCUT2D eigenvalue weighted by molar-refractivity contribution is 9.10. The Labute approximate surface area is 120 Å². The molecule has 0 unspecified atom stereocenters. The van der Waals surface area contributed by atoms with Gasteiger partial charge in [0.15, 0.2) is 5.75 Å². The Morgan fingerprint density at radius 2 is 2.21 bits per heavy atom. The van der Waals surface area contributed by atoms with E-state index in [4.69, 9.17) is 15.9 Å². The second-order valence-corrected chi connectivity index (χ2v) is 5.27. The number of rotatable bonds is 4. The van der Waals surface area contributed by atoms with E-state index in [-0.39, 0.29) is 5.84 Å². The molecule has 0 saturated heterocycles. The first-order valence-electron chi connectivity index (χ1n) is 5.83. The third-order valence-corrected chi connectivity index (χ3v) is 3.20. The van der Waals surface area contributed by atoms with Gasteiger partial charge in [0, 0.05) is 11.6 Å². The Bertz CT molecular complexity index is 606. The lowest BCUT2D eigenvalue weighted by Crippen LogP contribution is -2.10. The molecule has 1 aromatic carbocycles. The molecule has 0 aliphatic carbocycles. The van der Waals surface area contributed by atoms with Crippen molar-refractivity contribution in [3.05, 3.63) is 40.6 Å². The van der Waals surface area contributed by atoms with E-state index in [0.29, 0.717) is 23.1 Å². The minimum absolute atomic E-state index is 0.0277. The fourth-order valence-electron chi connectivity index (χ4n) is 1.53. The fourth-order valence-corrected chi connectivity index (χ4v) is 1.99. The van der Waals surface area contributed by atoms with E-state index in [1.807, 2.05) is 24.7 Å². The number of benzene rings is 1. The number of halogens is 1. The molecule has 0 saturated carbocycles. The molecule has 2 aromatic rings. The van der Waals surface area contributed by atoms with Crippen LogP contribution in [-0.4, -0.2) is 15.6 Å². The molecule has 5 nitrogen and oxygen atoms in total. The molecular weight excluding hydrogens is 308 g/mol. The summed E-state index contributed by atoms with van der Waals surface area (Å²) in [6.07, 6.45) is 3.52. The zero-order chi connectivity index (χ0) is 14.0. The van der Waals surface area contributed by atoms with Gasteiger partial charge in [0.05, 0.1) is 16.9 Å². The van der Waals surface area contributed by atoms with Crippen molar-refractivity contribution in [1.82, 2.24) is 9.78 Å². The Hall–Kier alpha value is -1.82. The number of amidine groups is 1. The van der Waals surface area contributed by atoms with Crippen LogP contribution in [0, 0.1) is 5.41 Å². The van der Waals surface area contributed by atoms with E-state index in [0.717, 1.165) is 4.47 Å². The molecular formula is C13H15BrN4O. The van der Waals surface area contributed by atoms with Gasteiger partial charge in [0.25, 0.3) is 0 Å². The minimum atomic E-state index is 0.0277. The minimum Gasteiger partial charge on any atom is -0.453 e. The maximum atomic E-state index is 7.38. The van der Waals surface area contributed by atoms with Crippen LogP contribution >= 0.6 is 15.9 Å². The van der Waals surface area contributed by atoms with Gasteiger partial charge in [-0.3, -0.25) is 10.1 Å². The summed E-state index contributed by atoms with van der Waals surface area (Å²) in [5, 5.41) is 11.6. The molecule has 100 valence electrons. The van der Waals surface area contributed by atoms with Crippen molar-refractivity contribution in [2.45, 2.75) is 19.9 Å². The van der Waals surface area contributed by atoms with E-state index in [2.05, 4.69) is 21.0 Å². The summed E-state index contributed by atoms with van der Waals surface area (Å²) in [5.74, 6) is 1.36. The molecule has 1 aromatic heterocycles. The number of nitrogens with two attached hydrogens (primary N) is 1. The summed E-state index contributed by atoms with van der Waals surface area (Å²) in [6, 6.07) is 5.56. The first kappa shape index (κ1) is 13.6. The topological polar surface area (TPSA) is 76.9 Å². The monoisotopic (exact) mass is 322 g/mol. The van der Waals surface area contributed by atoms with Gasteiger partial charge in [-0.1, -0.05) is 0 Å². The fraction of sp³-hybridized carbons (Fsp3) is 0.231. The molecule has 1 heterocycles. The Morgan fingerprint density at radius 1 is 1.47 bits per heavy atom. The summed E-state index contributed by atoms with van der Waals surface area (Å²) in [6.45, 7) is 4.10. The lowest BCUT2D eigenvalue weighted by atomic mass is 10.2. The molecule has 0 aliphatic rings. The lowest BCUT2D eigenvalue weighted by Gasteiger charge is -2.07. The maximum Gasteiger partial charge on any atom is 0.165 e. The van der Waals surface area contributed by atoms with Gasteiger partial charge in [-0.15, -0.1) is 0 Å². The van der Waals surface area contributed by atoms with Crippen molar-refractivity contribution in [1.29, 1.82) is 5.41 Å². The average Bonchev–Trinajstić information content (AvgIpc) is 2.80. The summed E-state index contributed by atoms with van der Waals surface area (Å²) in [4.78, 5) is 0. The number of ether oxygens (including phenoxy) is 1. The summed E-state index contributed by atoms with van der Waals surface area (Å²) >= 11 is 3.40. The van der Waals surface area contributed by atoms with Crippen molar-refractivity contribution in [3.8, 4) is 11.5 Å². The summed E-state index contributed by atoms with van der Waals surface area (Å²) in [5.41, 5.74) is 6.08.